The van der Waals surface area contributed by atoms with E-state index in [0.717, 1.165) is 11.3 Å². The smallest absolute Gasteiger partial charge is 0.190 e. The largest absolute Gasteiger partial charge is 0.292 e. The highest BCUT2D eigenvalue weighted by atomic mass is 35.5. The first kappa shape index (κ1) is 10.3. The van der Waals surface area contributed by atoms with Gasteiger partial charge in [-0.25, -0.2) is 9.98 Å². The molecule has 0 aliphatic carbocycles. The summed E-state index contributed by atoms with van der Waals surface area (Å²) in [5.74, 6) is 0.413. The number of hydrogen-bond donors (Lipinski definition) is 0. The third-order valence-electron chi connectivity index (χ3n) is 2.45. The third-order valence-corrected chi connectivity index (χ3v) is 2.97. The Bertz CT molecular complexity index is 480. The van der Waals surface area contributed by atoms with Crippen LogP contribution in [0.4, 0.5) is 5.82 Å². The lowest BCUT2D eigenvalue weighted by Crippen LogP contribution is -2.27. The molecule has 0 amide bonds. The van der Waals surface area contributed by atoms with Gasteiger partial charge in [-0.05, 0) is 32.4 Å². The number of aryl methyl sites for hydroxylation is 2. The Labute approximate surface area is 93.2 Å². The van der Waals surface area contributed by atoms with Crippen molar-refractivity contribution in [3.63, 3.8) is 0 Å². The summed E-state index contributed by atoms with van der Waals surface area (Å²) in [6, 6.07) is 1.87. The predicted octanol–water partition coefficient (Wildman–Crippen LogP) is 2.59. The van der Waals surface area contributed by atoms with Crippen LogP contribution in [0.3, 0.4) is 0 Å². The minimum atomic E-state index is -0.638. The average Bonchev–Trinajstić information content (AvgIpc) is 2.13. The van der Waals surface area contributed by atoms with E-state index in [1.165, 1.54) is 0 Å². The van der Waals surface area contributed by atoms with E-state index in [1.54, 1.807) is 6.92 Å². The van der Waals surface area contributed by atoms with Gasteiger partial charge in [0.25, 0.3) is 0 Å². The summed E-state index contributed by atoms with van der Waals surface area (Å²) >= 11 is 5.95. The van der Waals surface area contributed by atoms with E-state index in [4.69, 9.17) is 11.6 Å². The second kappa shape index (κ2) is 3.42. The zero-order valence-electron chi connectivity index (χ0n) is 8.84. The van der Waals surface area contributed by atoms with Gasteiger partial charge in [-0.3, -0.25) is 4.79 Å². The van der Waals surface area contributed by atoms with Crippen LogP contribution in [0.1, 0.15) is 28.5 Å². The first-order valence-corrected chi connectivity index (χ1v) is 5.16. The van der Waals surface area contributed by atoms with Gasteiger partial charge in [-0.2, -0.15) is 0 Å². The molecule has 0 saturated heterocycles. The number of carbonyl (C=O) groups excluding carboxylic acids is 1. The number of hydrogen-bond acceptors (Lipinski definition) is 3. The fourth-order valence-corrected chi connectivity index (χ4v) is 1.90. The van der Waals surface area contributed by atoms with Crippen LogP contribution in [-0.4, -0.2) is 21.9 Å². The van der Waals surface area contributed by atoms with E-state index in [2.05, 4.69) is 9.98 Å². The highest BCUT2D eigenvalue weighted by Gasteiger charge is 2.29. The molecule has 0 spiro atoms. The summed E-state index contributed by atoms with van der Waals surface area (Å²) in [5, 5.41) is -0.638. The zero-order chi connectivity index (χ0) is 11.2. The Morgan fingerprint density at radius 2 is 2.00 bits per heavy atom. The zero-order valence-corrected chi connectivity index (χ0v) is 9.59. The normalized spacial score (nSPS) is 19.9. The first-order valence-electron chi connectivity index (χ1n) is 4.72. The first-order chi connectivity index (χ1) is 7.00. The lowest BCUT2D eigenvalue weighted by atomic mass is 9.98. The number of carbonyl (C=O) groups is 1. The van der Waals surface area contributed by atoms with Gasteiger partial charge in [0.15, 0.2) is 11.6 Å². The Morgan fingerprint density at radius 1 is 1.33 bits per heavy atom. The molecule has 0 fully saturated rings. The van der Waals surface area contributed by atoms with Gasteiger partial charge in [-0.15, -0.1) is 11.6 Å². The van der Waals surface area contributed by atoms with E-state index >= 15 is 0 Å². The highest BCUT2D eigenvalue weighted by molar-refractivity contribution is 6.46. The molecule has 2 rings (SSSR count). The maximum atomic E-state index is 11.9. The number of halogens is 1. The molecule has 78 valence electrons. The molecule has 1 aromatic heterocycles. The molecule has 15 heavy (non-hydrogen) atoms. The molecular weight excluding hydrogens is 212 g/mol. The lowest BCUT2D eigenvalue weighted by molar-refractivity contribution is 0.100. The van der Waals surface area contributed by atoms with E-state index in [9.17, 15) is 4.79 Å². The van der Waals surface area contributed by atoms with Crippen LogP contribution in [-0.2, 0) is 0 Å². The van der Waals surface area contributed by atoms with Crippen molar-refractivity contribution in [2.75, 3.05) is 0 Å². The number of fused-ring (bicyclic) bond motifs is 1. The molecule has 0 bridgehead atoms. The molecule has 1 unspecified atom stereocenters. The van der Waals surface area contributed by atoms with Gasteiger partial charge in [0.05, 0.1) is 5.56 Å². The standard InChI is InChI=1S/C11H11ClN2O/c1-5-4-6(2)13-11-8(5)10(15)9(12)7(3)14-11/h4,9H,1-3H3. The van der Waals surface area contributed by atoms with Gasteiger partial charge in [0.2, 0.25) is 0 Å². The maximum Gasteiger partial charge on any atom is 0.190 e. The summed E-state index contributed by atoms with van der Waals surface area (Å²) in [5.41, 5.74) is 2.94. The molecule has 0 radical (unpaired) electrons. The number of Topliss-reactive ketones (excluding diaryl/α,β-unsaturated/α-hetero) is 1. The van der Waals surface area contributed by atoms with Crippen LogP contribution in [0.25, 0.3) is 0 Å². The molecule has 1 aliphatic rings. The Balaban J connectivity index is 2.72. The number of ketones is 1. The molecular formula is C11H11ClN2O. The number of pyridine rings is 1. The fourth-order valence-electron chi connectivity index (χ4n) is 1.74. The predicted molar refractivity (Wildman–Crippen MR) is 60.5 cm³/mol. The maximum absolute atomic E-state index is 11.9. The van der Waals surface area contributed by atoms with E-state index in [-0.39, 0.29) is 5.78 Å². The number of nitrogens with zero attached hydrogens (tertiary/aromatic N) is 2. The summed E-state index contributed by atoms with van der Waals surface area (Å²) in [6.45, 7) is 5.51. The van der Waals surface area contributed by atoms with Crippen molar-refractivity contribution in [3.05, 3.63) is 22.9 Å². The second-order valence-corrected chi connectivity index (χ2v) is 4.20. The van der Waals surface area contributed by atoms with Gasteiger partial charge < -0.3 is 0 Å². The number of aliphatic imine (C=N–C) groups is 1. The summed E-state index contributed by atoms with van der Waals surface area (Å²) in [7, 11) is 0. The van der Waals surface area contributed by atoms with Crippen molar-refractivity contribution in [2.45, 2.75) is 26.1 Å². The summed E-state index contributed by atoms with van der Waals surface area (Å²) in [4.78, 5) is 20.4. The molecule has 0 N–H and O–H groups in total. The van der Waals surface area contributed by atoms with Gasteiger partial charge in [0, 0.05) is 11.4 Å². The molecule has 2 heterocycles. The van der Waals surface area contributed by atoms with Crippen molar-refractivity contribution in [3.8, 4) is 0 Å². The van der Waals surface area contributed by atoms with Crippen molar-refractivity contribution in [1.29, 1.82) is 0 Å². The quantitative estimate of drug-likeness (QED) is 0.634. The van der Waals surface area contributed by atoms with Crippen LogP contribution < -0.4 is 0 Å². The monoisotopic (exact) mass is 222 g/mol. The Kier molecular flexibility index (Phi) is 2.35. The summed E-state index contributed by atoms with van der Waals surface area (Å²) < 4.78 is 0. The van der Waals surface area contributed by atoms with Crippen molar-refractivity contribution >= 4 is 28.9 Å². The van der Waals surface area contributed by atoms with Crippen molar-refractivity contribution in [2.24, 2.45) is 4.99 Å². The Morgan fingerprint density at radius 3 is 2.67 bits per heavy atom. The van der Waals surface area contributed by atoms with Crippen LogP contribution >= 0.6 is 11.6 Å². The molecule has 1 aliphatic heterocycles. The lowest BCUT2D eigenvalue weighted by Gasteiger charge is -2.18. The van der Waals surface area contributed by atoms with Crippen LogP contribution in [0.15, 0.2) is 11.1 Å². The average molecular weight is 223 g/mol. The number of aromatic nitrogens is 1. The minimum absolute atomic E-state index is 0.0934. The van der Waals surface area contributed by atoms with Gasteiger partial charge in [-0.1, -0.05) is 0 Å². The van der Waals surface area contributed by atoms with Gasteiger partial charge in [0.1, 0.15) is 5.38 Å². The molecule has 3 nitrogen and oxygen atoms in total. The van der Waals surface area contributed by atoms with Crippen LogP contribution in [0, 0.1) is 13.8 Å². The molecule has 1 aromatic rings. The SMILES string of the molecule is CC1=Nc2nc(C)cc(C)c2C(=O)C1Cl. The minimum Gasteiger partial charge on any atom is -0.292 e. The molecule has 0 saturated carbocycles. The van der Waals surface area contributed by atoms with Crippen molar-refractivity contribution in [1.82, 2.24) is 4.98 Å². The molecule has 1 atom stereocenters. The summed E-state index contributed by atoms with van der Waals surface area (Å²) in [6.07, 6.45) is 0. The highest BCUT2D eigenvalue weighted by Crippen LogP contribution is 2.29. The van der Waals surface area contributed by atoms with E-state index in [1.807, 2.05) is 19.9 Å². The van der Waals surface area contributed by atoms with Crippen molar-refractivity contribution < 1.29 is 4.79 Å². The Hall–Kier alpha value is -1.22. The number of rotatable bonds is 0. The fraction of sp³-hybridized carbons (Fsp3) is 0.364. The van der Waals surface area contributed by atoms with E-state index < -0.39 is 5.38 Å². The second-order valence-electron chi connectivity index (χ2n) is 3.76. The molecule has 4 heteroatoms. The van der Waals surface area contributed by atoms with E-state index in [0.29, 0.717) is 17.1 Å². The van der Waals surface area contributed by atoms with Crippen LogP contribution in [0.5, 0.6) is 0 Å². The third kappa shape index (κ3) is 1.57. The number of alkyl halides is 1. The van der Waals surface area contributed by atoms with Gasteiger partial charge >= 0.3 is 0 Å². The molecule has 0 aromatic carbocycles. The van der Waals surface area contributed by atoms with Crippen LogP contribution in [0.2, 0.25) is 0 Å². The topological polar surface area (TPSA) is 42.3 Å².